The van der Waals surface area contributed by atoms with Crippen LogP contribution in [0.3, 0.4) is 0 Å². The van der Waals surface area contributed by atoms with Crippen LogP contribution in [-0.4, -0.2) is 0 Å². The molecule has 1 aromatic carbocycles. The van der Waals surface area contributed by atoms with Gasteiger partial charge in [-0.1, -0.05) is 64.1 Å². The summed E-state index contributed by atoms with van der Waals surface area (Å²) < 4.78 is 0. The molecule has 21 heavy (non-hydrogen) atoms. The van der Waals surface area contributed by atoms with E-state index in [2.05, 4.69) is 78.0 Å². The van der Waals surface area contributed by atoms with Crippen molar-refractivity contribution in [2.24, 2.45) is 5.41 Å². The molecule has 0 aliphatic heterocycles. The van der Waals surface area contributed by atoms with Crippen molar-refractivity contribution in [2.45, 2.75) is 65.2 Å². The summed E-state index contributed by atoms with van der Waals surface area (Å²) >= 11 is 0. The molecule has 1 aromatic rings. The first-order valence-electron chi connectivity index (χ1n) is 8.22. The van der Waals surface area contributed by atoms with Gasteiger partial charge in [-0.25, -0.2) is 0 Å². The average Bonchev–Trinajstić information content (AvgIpc) is 2.77. The predicted molar refractivity (Wildman–Crippen MR) is 91.7 cm³/mol. The summed E-state index contributed by atoms with van der Waals surface area (Å²) in [7, 11) is 0. The molecular formula is C21H28. The molecule has 0 bridgehead atoms. The Hall–Kier alpha value is -1.30. The van der Waals surface area contributed by atoms with Gasteiger partial charge < -0.3 is 0 Å². The van der Waals surface area contributed by atoms with Gasteiger partial charge in [0.15, 0.2) is 0 Å². The summed E-state index contributed by atoms with van der Waals surface area (Å²) in [6.45, 7) is 14.1. The summed E-state index contributed by atoms with van der Waals surface area (Å²) in [4.78, 5) is 0. The number of hydrogen-bond acceptors (Lipinski definition) is 0. The maximum absolute atomic E-state index is 2.41. The minimum Gasteiger partial charge on any atom is -0.0836 e. The second-order valence-corrected chi connectivity index (χ2v) is 8.15. The molecule has 1 atom stereocenters. The highest BCUT2D eigenvalue weighted by Crippen LogP contribution is 2.65. The molecule has 0 radical (unpaired) electrons. The summed E-state index contributed by atoms with van der Waals surface area (Å²) in [6.07, 6.45) is 7.19. The molecule has 0 aromatic heterocycles. The third-order valence-electron chi connectivity index (χ3n) is 5.77. The lowest BCUT2D eigenvalue weighted by Gasteiger charge is -2.30. The van der Waals surface area contributed by atoms with E-state index < -0.39 is 0 Å². The predicted octanol–water partition coefficient (Wildman–Crippen LogP) is 5.93. The highest BCUT2D eigenvalue weighted by atomic mass is 14.6. The second kappa shape index (κ2) is 4.35. The normalized spacial score (nSPS) is 33.0. The lowest BCUT2D eigenvalue weighted by Crippen LogP contribution is -2.25. The molecule has 0 N–H and O–H groups in total. The zero-order chi connectivity index (χ0) is 15.5. The van der Waals surface area contributed by atoms with E-state index in [1.807, 2.05) is 0 Å². The van der Waals surface area contributed by atoms with Gasteiger partial charge in [0.05, 0.1) is 0 Å². The molecule has 1 spiro atoms. The van der Waals surface area contributed by atoms with Gasteiger partial charge >= 0.3 is 0 Å². The summed E-state index contributed by atoms with van der Waals surface area (Å²) in [5, 5.41) is 0. The zero-order valence-electron chi connectivity index (χ0n) is 14.4. The Labute approximate surface area is 130 Å². The highest BCUT2D eigenvalue weighted by Gasteiger charge is 2.57. The van der Waals surface area contributed by atoms with Crippen LogP contribution in [0, 0.1) is 5.41 Å². The van der Waals surface area contributed by atoms with Gasteiger partial charge in [0.2, 0.25) is 0 Å². The number of rotatable bonds is 0. The smallest absolute Gasteiger partial charge is 0.0221 e. The van der Waals surface area contributed by atoms with Crippen LogP contribution in [0.2, 0.25) is 0 Å². The van der Waals surface area contributed by atoms with Gasteiger partial charge in [0.25, 0.3) is 0 Å². The SMILES string of the molecule is CC=C1/C(=C\C)C2(CC1(C)C)CC(C)(C)c1ccccc12. The van der Waals surface area contributed by atoms with Gasteiger partial charge in [-0.05, 0) is 59.8 Å². The Morgan fingerprint density at radius 1 is 0.762 bits per heavy atom. The van der Waals surface area contributed by atoms with Crippen LogP contribution >= 0.6 is 0 Å². The Morgan fingerprint density at radius 3 is 1.86 bits per heavy atom. The van der Waals surface area contributed by atoms with Gasteiger partial charge in [0, 0.05) is 5.41 Å². The highest BCUT2D eigenvalue weighted by molar-refractivity contribution is 5.60. The maximum Gasteiger partial charge on any atom is 0.0221 e. The van der Waals surface area contributed by atoms with Gasteiger partial charge in [0.1, 0.15) is 0 Å². The molecule has 0 amide bonds. The molecule has 1 saturated carbocycles. The Morgan fingerprint density at radius 2 is 1.29 bits per heavy atom. The van der Waals surface area contributed by atoms with Crippen LogP contribution in [-0.2, 0) is 10.8 Å². The molecule has 3 rings (SSSR count). The molecular weight excluding hydrogens is 252 g/mol. The monoisotopic (exact) mass is 280 g/mol. The topological polar surface area (TPSA) is 0 Å². The van der Waals surface area contributed by atoms with E-state index in [4.69, 9.17) is 0 Å². The number of fused-ring (bicyclic) bond motifs is 2. The van der Waals surface area contributed by atoms with Crippen LogP contribution in [0.4, 0.5) is 0 Å². The van der Waals surface area contributed by atoms with Crippen molar-refractivity contribution >= 4 is 0 Å². The Balaban J connectivity index is 2.29. The van der Waals surface area contributed by atoms with Gasteiger partial charge in [-0.15, -0.1) is 0 Å². The van der Waals surface area contributed by atoms with Crippen molar-refractivity contribution in [3.63, 3.8) is 0 Å². The Kier molecular flexibility index (Phi) is 3.03. The molecule has 0 heteroatoms. The number of allylic oxidation sites excluding steroid dienone is 4. The lowest BCUT2D eigenvalue weighted by molar-refractivity contribution is 0.332. The van der Waals surface area contributed by atoms with Crippen LogP contribution < -0.4 is 0 Å². The molecule has 1 fully saturated rings. The maximum atomic E-state index is 2.41. The van der Waals surface area contributed by atoms with Crippen molar-refractivity contribution < 1.29 is 0 Å². The zero-order valence-corrected chi connectivity index (χ0v) is 14.4. The molecule has 112 valence electrons. The van der Waals surface area contributed by atoms with Crippen molar-refractivity contribution in [3.8, 4) is 0 Å². The van der Waals surface area contributed by atoms with Crippen LogP contribution in [0.25, 0.3) is 0 Å². The third-order valence-corrected chi connectivity index (χ3v) is 5.77. The van der Waals surface area contributed by atoms with Crippen LogP contribution in [0.15, 0.2) is 47.6 Å². The van der Waals surface area contributed by atoms with Crippen LogP contribution in [0.5, 0.6) is 0 Å². The first-order valence-corrected chi connectivity index (χ1v) is 8.22. The van der Waals surface area contributed by atoms with Gasteiger partial charge in [-0.3, -0.25) is 0 Å². The fourth-order valence-electron chi connectivity index (χ4n) is 5.38. The van der Waals surface area contributed by atoms with Crippen molar-refractivity contribution in [1.29, 1.82) is 0 Å². The fraction of sp³-hybridized carbons (Fsp3) is 0.524. The van der Waals surface area contributed by atoms with Crippen molar-refractivity contribution in [3.05, 3.63) is 58.7 Å². The third kappa shape index (κ3) is 1.81. The van der Waals surface area contributed by atoms with E-state index in [-0.39, 0.29) is 16.2 Å². The van der Waals surface area contributed by atoms with Gasteiger partial charge in [-0.2, -0.15) is 0 Å². The number of hydrogen-bond donors (Lipinski definition) is 0. The summed E-state index contributed by atoms with van der Waals surface area (Å²) in [5.41, 5.74) is 7.02. The molecule has 2 aliphatic rings. The van der Waals surface area contributed by atoms with E-state index in [0.29, 0.717) is 0 Å². The first kappa shape index (κ1) is 14.6. The second-order valence-electron chi connectivity index (χ2n) is 8.15. The Bertz CT molecular complexity index is 640. The van der Waals surface area contributed by atoms with E-state index in [0.717, 1.165) is 0 Å². The lowest BCUT2D eigenvalue weighted by atomic mass is 9.73. The van der Waals surface area contributed by atoms with Crippen molar-refractivity contribution in [1.82, 2.24) is 0 Å². The molecule has 0 nitrogen and oxygen atoms in total. The standard InChI is InChI=1S/C21H28/c1-7-15-16(8-2)21(13-19(15,3)4)14-20(5,6)17-11-9-10-12-18(17)21/h7-12H,13-14H2,1-6H3/b15-7?,16-8+. The van der Waals surface area contributed by atoms with E-state index in [1.54, 1.807) is 22.3 Å². The quantitative estimate of drug-likeness (QED) is 0.552. The molecule has 0 saturated heterocycles. The molecule has 0 heterocycles. The average molecular weight is 280 g/mol. The summed E-state index contributed by atoms with van der Waals surface area (Å²) in [6, 6.07) is 9.14. The van der Waals surface area contributed by atoms with E-state index in [9.17, 15) is 0 Å². The van der Waals surface area contributed by atoms with Crippen LogP contribution in [0.1, 0.15) is 65.5 Å². The fourth-order valence-corrected chi connectivity index (χ4v) is 5.38. The largest absolute Gasteiger partial charge is 0.0836 e. The summed E-state index contributed by atoms with van der Waals surface area (Å²) in [5.74, 6) is 0. The van der Waals surface area contributed by atoms with Crippen molar-refractivity contribution in [2.75, 3.05) is 0 Å². The molecule has 1 unspecified atom stereocenters. The van der Waals surface area contributed by atoms with E-state index in [1.165, 1.54) is 12.8 Å². The first-order chi connectivity index (χ1) is 9.78. The molecule has 2 aliphatic carbocycles. The minimum absolute atomic E-state index is 0.222. The van der Waals surface area contributed by atoms with E-state index >= 15 is 0 Å². The minimum atomic E-state index is 0.222. The number of benzene rings is 1.